The Bertz CT molecular complexity index is 431. The molecule has 0 aromatic heterocycles. The van der Waals surface area contributed by atoms with Crippen molar-refractivity contribution < 1.29 is 23.5 Å². The quantitative estimate of drug-likeness (QED) is 0.482. The highest BCUT2D eigenvalue weighted by Crippen LogP contribution is 2.23. The fourth-order valence-corrected chi connectivity index (χ4v) is 1.36. The number of esters is 2. The number of carbonyl (C=O) groups is 2. The maximum absolute atomic E-state index is 13.6. The van der Waals surface area contributed by atoms with Crippen LogP contribution < -0.4 is 5.73 Å². The summed E-state index contributed by atoms with van der Waals surface area (Å²) in [6.07, 6.45) is 0. The maximum atomic E-state index is 13.6. The van der Waals surface area contributed by atoms with Crippen molar-refractivity contribution >= 4 is 17.6 Å². The number of halogens is 1. The van der Waals surface area contributed by atoms with E-state index in [9.17, 15) is 14.0 Å². The van der Waals surface area contributed by atoms with Crippen molar-refractivity contribution in [1.82, 2.24) is 0 Å². The van der Waals surface area contributed by atoms with E-state index in [2.05, 4.69) is 9.47 Å². The van der Waals surface area contributed by atoms with Crippen LogP contribution in [0.15, 0.2) is 18.2 Å². The van der Waals surface area contributed by atoms with Crippen molar-refractivity contribution in [3.8, 4) is 0 Å². The van der Waals surface area contributed by atoms with Crippen LogP contribution in [0.1, 0.15) is 11.5 Å². The summed E-state index contributed by atoms with van der Waals surface area (Å²) in [5, 5.41) is 0. The Morgan fingerprint density at radius 1 is 1.24 bits per heavy atom. The van der Waals surface area contributed by atoms with Crippen molar-refractivity contribution in [2.45, 2.75) is 5.92 Å². The molecule has 0 spiro atoms. The second kappa shape index (κ2) is 5.29. The summed E-state index contributed by atoms with van der Waals surface area (Å²) in [6.45, 7) is 0. The molecule has 0 amide bonds. The van der Waals surface area contributed by atoms with Gasteiger partial charge in [-0.2, -0.15) is 0 Å². The predicted molar refractivity (Wildman–Crippen MR) is 57.6 cm³/mol. The molecular weight excluding hydrogens is 229 g/mol. The third-order valence-electron chi connectivity index (χ3n) is 2.21. The third-order valence-corrected chi connectivity index (χ3v) is 2.21. The van der Waals surface area contributed by atoms with E-state index in [0.717, 1.165) is 20.3 Å². The van der Waals surface area contributed by atoms with Crippen LogP contribution in [-0.4, -0.2) is 26.2 Å². The van der Waals surface area contributed by atoms with Crippen LogP contribution in [0.3, 0.4) is 0 Å². The Morgan fingerprint density at radius 3 is 2.18 bits per heavy atom. The van der Waals surface area contributed by atoms with E-state index in [1.807, 2.05) is 0 Å². The number of hydrogen-bond donors (Lipinski definition) is 1. The number of carbonyl (C=O) groups excluding carboxylic acids is 2. The minimum absolute atomic E-state index is 0.127. The summed E-state index contributed by atoms with van der Waals surface area (Å²) in [5.74, 6) is -3.97. The average Bonchev–Trinajstić information content (AvgIpc) is 2.31. The molecular formula is C11H12FNO4. The van der Waals surface area contributed by atoms with Gasteiger partial charge in [0.15, 0.2) is 5.92 Å². The number of nitrogens with two attached hydrogens (primary N) is 1. The van der Waals surface area contributed by atoms with E-state index >= 15 is 0 Å². The van der Waals surface area contributed by atoms with E-state index in [1.165, 1.54) is 12.1 Å². The first-order valence-electron chi connectivity index (χ1n) is 4.71. The van der Waals surface area contributed by atoms with Gasteiger partial charge in [0.1, 0.15) is 5.82 Å². The second-order valence-electron chi connectivity index (χ2n) is 3.26. The molecule has 92 valence electrons. The minimum Gasteiger partial charge on any atom is -0.468 e. The van der Waals surface area contributed by atoms with E-state index in [4.69, 9.17) is 5.73 Å². The SMILES string of the molecule is COC(=O)C(C(=O)OC)c1ccc(N)cc1F. The molecule has 1 aromatic carbocycles. The maximum Gasteiger partial charge on any atom is 0.324 e. The molecule has 0 aliphatic carbocycles. The summed E-state index contributed by atoms with van der Waals surface area (Å²) in [7, 11) is 2.21. The van der Waals surface area contributed by atoms with E-state index in [1.54, 1.807) is 0 Å². The van der Waals surface area contributed by atoms with Gasteiger partial charge in [-0.15, -0.1) is 0 Å². The molecule has 0 heterocycles. The van der Waals surface area contributed by atoms with Crippen LogP contribution in [0.25, 0.3) is 0 Å². The Labute approximate surface area is 97.3 Å². The Balaban J connectivity index is 3.22. The summed E-state index contributed by atoms with van der Waals surface area (Å²) in [6, 6.07) is 3.66. The smallest absolute Gasteiger partial charge is 0.324 e. The average molecular weight is 241 g/mol. The monoisotopic (exact) mass is 241 g/mol. The van der Waals surface area contributed by atoms with Gasteiger partial charge in [0.25, 0.3) is 0 Å². The van der Waals surface area contributed by atoms with Crippen LogP contribution in [0, 0.1) is 5.82 Å². The molecule has 0 atom stereocenters. The lowest BCUT2D eigenvalue weighted by molar-refractivity contribution is -0.154. The molecule has 1 rings (SSSR count). The predicted octanol–water partition coefficient (Wildman–Crippen LogP) is 0.837. The molecule has 17 heavy (non-hydrogen) atoms. The Morgan fingerprint density at radius 2 is 1.76 bits per heavy atom. The summed E-state index contributed by atoms with van der Waals surface area (Å²) >= 11 is 0. The molecule has 0 aliphatic heterocycles. The normalized spacial score (nSPS) is 10.1. The molecule has 5 nitrogen and oxygen atoms in total. The van der Waals surface area contributed by atoms with Gasteiger partial charge in [0.05, 0.1) is 14.2 Å². The van der Waals surface area contributed by atoms with Crippen LogP contribution in [0.4, 0.5) is 10.1 Å². The first-order chi connectivity index (χ1) is 8.01. The highest BCUT2D eigenvalue weighted by molar-refractivity contribution is 6.00. The fourth-order valence-electron chi connectivity index (χ4n) is 1.36. The summed E-state index contributed by atoms with van der Waals surface area (Å²) in [5.41, 5.74) is 5.44. The number of methoxy groups -OCH3 is 2. The number of benzene rings is 1. The number of anilines is 1. The third kappa shape index (κ3) is 2.72. The molecule has 0 unspecified atom stereocenters. The zero-order valence-corrected chi connectivity index (χ0v) is 9.40. The highest BCUT2D eigenvalue weighted by Gasteiger charge is 2.32. The second-order valence-corrected chi connectivity index (χ2v) is 3.26. The molecule has 0 aliphatic rings. The fraction of sp³-hybridized carbons (Fsp3) is 0.273. The van der Waals surface area contributed by atoms with Gasteiger partial charge in [-0.25, -0.2) is 4.39 Å². The van der Waals surface area contributed by atoms with Gasteiger partial charge in [-0.3, -0.25) is 9.59 Å². The van der Waals surface area contributed by atoms with Gasteiger partial charge in [0.2, 0.25) is 0 Å². The molecule has 0 saturated heterocycles. The number of nitrogen functional groups attached to an aromatic ring is 1. The number of ether oxygens (including phenoxy) is 2. The molecule has 1 aromatic rings. The van der Waals surface area contributed by atoms with Crippen LogP contribution in [0.5, 0.6) is 0 Å². The molecule has 2 N–H and O–H groups in total. The molecule has 0 saturated carbocycles. The standard InChI is InChI=1S/C11H12FNO4/c1-16-10(14)9(11(15)17-2)7-4-3-6(13)5-8(7)12/h3-5,9H,13H2,1-2H3. The Kier molecular flexibility index (Phi) is 4.03. The number of hydrogen-bond acceptors (Lipinski definition) is 5. The van der Waals surface area contributed by atoms with Crippen molar-refractivity contribution in [3.05, 3.63) is 29.6 Å². The lowest BCUT2D eigenvalue weighted by Gasteiger charge is -2.13. The number of rotatable bonds is 3. The largest absolute Gasteiger partial charge is 0.468 e. The van der Waals surface area contributed by atoms with E-state index in [0.29, 0.717) is 0 Å². The lowest BCUT2D eigenvalue weighted by atomic mass is 9.98. The topological polar surface area (TPSA) is 78.6 Å². The van der Waals surface area contributed by atoms with Crippen LogP contribution in [-0.2, 0) is 19.1 Å². The van der Waals surface area contributed by atoms with Crippen molar-refractivity contribution in [2.24, 2.45) is 0 Å². The Hall–Kier alpha value is -2.11. The summed E-state index contributed by atoms with van der Waals surface area (Å²) < 4.78 is 22.5. The van der Waals surface area contributed by atoms with Gasteiger partial charge in [-0.05, 0) is 12.1 Å². The van der Waals surface area contributed by atoms with Gasteiger partial charge in [-0.1, -0.05) is 6.07 Å². The van der Waals surface area contributed by atoms with Crippen LogP contribution >= 0.6 is 0 Å². The molecule has 0 fully saturated rings. The molecule has 6 heteroatoms. The minimum atomic E-state index is -1.44. The highest BCUT2D eigenvalue weighted by atomic mass is 19.1. The lowest BCUT2D eigenvalue weighted by Crippen LogP contribution is -2.25. The summed E-state index contributed by atoms with van der Waals surface area (Å²) in [4.78, 5) is 22.9. The van der Waals surface area contributed by atoms with Gasteiger partial charge < -0.3 is 15.2 Å². The van der Waals surface area contributed by atoms with Crippen molar-refractivity contribution in [2.75, 3.05) is 20.0 Å². The molecule has 0 radical (unpaired) electrons. The zero-order chi connectivity index (χ0) is 13.0. The van der Waals surface area contributed by atoms with Gasteiger partial charge >= 0.3 is 11.9 Å². The van der Waals surface area contributed by atoms with E-state index < -0.39 is 23.7 Å². The molecule has 0 bridgehead atoms. The van der Waals surface area contributed by atoms with Gasteiger partial charge in [0, 0.05) is 11.3 Å². The first-order valence-corrected chi connectivity index (χ1v) is 4.71. The van der Waals surface area contributed by atoms with Crippen LogP contribution in [0.2, 0.25) is 0 Å². The zero-order valence-electron chi connectivity index (χ0n) is 9.40. The first kappa shape index (κ1) is 13.0. The van der Waals surface area contributed by atoms with E-state index in [-0.39, 0.29) is 11.3 Å². The van der Waals surface area contributed by atoms with Crippen molar-refractivity contribution in [1.29, 1.82) is 0 Å². The van der Waals surface area contributed by atoms with Crippen molar-refractivity contribution in [3.63, 3.8) is 0 Å².